The molecular weight excluding hydrogens is 371 g/mol. The monoisotopic (exact) mass is 386 g/mol. The van der Waals surface area contributed by atoms with Crippen LogP contribution in [0.2, 0.25) is 10.0 Å². The van der Waals surface area contributed by atoms with Crippen LogP contribution in [0.4, 0.5) is 5.69 Å². The number of carbonyl (C=O) groups excluding carboxylic acids is 1. The van der Waals surface area contributed by atoms with Crippen molar-refractivity contribution in [3.8, 4) is 0 Å². The minimum absolute atomic E-state index is 0.0956. The van der Waals surface area contributed by atoms with Crippen molar-refractivity contribution in [2.75, 3.05) is 17.1 Å². The fourth-order valence-electron chi connectivity index (χ4n) is 2.07. The number of anilines is 1. The zero-order valence-corrected chi connectivity index (χ0v) is 15.2. The molecule has 128 valence electrons. The van der Waals surface area contributed by atoms with E-state index in [0.717, 1.165) is 16.1 Å². The Labute approximate surface area is 151 Å². The van der Waals surface area contributed by atoms with Crippen molar-refractivity contribution in [2.45, 2.75) is 6.54 Å². The number of benzene rings is 2. The lowest BCUT2D eigenvalue weighted by Crippen LogP contribution is -2.40. The molecule has 5 nitrogen and oxygen atoms in total. The van der Waals surface area contributed by atoms with Crippen LogP contribution in [0.5, 0.6) is 0 Å². The molecule has 0 saturated heterocycles. The largest absolute Gasteiger partial charge is 0.350 e. The minimum atomic E-state index is -3.74. The van der Waals surface area contributed by atoms with Gasteiger partial charge in [0.05, 0.1) is 22.0 Å². The first kappa shape index (κ1) is 18.6. The third-order valence-electron chi connectivity index (χ3n) is 3.21. The van der Waals surface area contributed by atoms with Gasteiger partial charge in [0.1, 0.15) is 6.54 Å². The van der Waals surface area contributed by atoms with Gasteiger partial charge in [-0.25, -0.2) is 8.42 Å². The van der Waals surface area contributed by atoms with Crippen molar-refractivity contribution in [2.24, 2.45) is 0 Å². The van der Waals surface area contributed by atoms with Crippen LogP contribution in [-0.4, -0.2) is 27.1 Å². The van der Waals surface area contributed by atoms with Gasteiger partial charge in [0.25, 0.3) is 0 Å². The Hall–Kier alpha value is -1.76. The lowest BCUT2D eigenvalue weighted by Gasteiger charge is -2.23. The van der Waals surface area contributed by atoms with Crippen molar-refractivity contribution >= 4 is 44.8 Å². The molecule has 0 bridgehead atoms. The van der Waals surface area contributed by atoms with E-state index >= 15 is 0 Å². The van der Waals surface area contributed by atoms with Gasteiger partial charge in [-0.05, 0) is 17.7 Å². The number of nitrogens with zero attached hydrogens (tertiary/aromatic N) is 1. The molecule has 0 aliphatic carbocycles. The van der Waals surface area contributed by atoms with E-state index in [1.54, 1.807) is 6.07 Å². The molecule has 0 saturated carbocycles. The summed E-state index contributed by atoms with van der Waals surface area (Å²) < 4.78 is 25.1. The number of hydrogen-bond donors (Lipinski definition) is 1. The average molecular weight is 387 g/mol. The van der Waals surface area contributed by atoms with E-state index in [1.807, 2.05) is 30.3 Å². The Bertz CT molecular complexity index is 806. The molecule has 0 heterocycles. The van der Waals surface area contributed by atoms with Crippen LogP contribution in [0.15, 0.2) is 48.5 Å². The highest BCUT2D eigenvalue weighted by molar-refractivity contribution is 7.92. The summed E-state index contributed by atoms with van der Waals surface area (Å²) in [5.41, 5.74) is 1.01. The van der Waals surface area contributed by atoms with Gasteiger partial charge in [-0.1, -0.05) is 59.6 Å². The summed E-state index contributed by atoms with van der Waals surface area (Å²) in [6, 6.07) is 13.9. The van der Waals surface area contributed by atoms with Crippen LogP contribution in [0.1, 0.15) is 5.56 Å². The molecule has 24 heavy (non-hydrogen) atoms. The van der Waals surface area contributed by atoms with Gasteiger partial charge in [0, 0.05) is 6.54 Å². The number of rotatable bonds is 6. The molecule has 8 heteroatoms. The zero-order chi connectivity index (χ0) is 17.7. The summed E-state index contributed by atoms with van der Waals surface area (Å²) in [6.45, 7) is -0.108. The molecule has 2 aromatic carbocycles. The predicted molar refractivity (Wildman–Crippen MR) is 96.9 cm³/mol. The van der Waals surface area contributed by atoms with Gasteiger partial charge in [-0.2, -0.15) is 0 Å². The van der Waals surface area contributed by atoms with Gasteiger partial charge < -0.3 is 5.32 Å². The molecule has 0 unspecified atom stereocenters. The van der Waals surface area contributed by atoms with E-state index in [9.17, 15) is 13.2 Å². The fraction of sp³-hybridized carbons (Fsp3) is 0.188. The number of hydrogen-bond acceptors (Lipinski definition) is 3. The van der Waals surface area contributed by atoms with Gasteiger partial charge in [0.15, 0.2) is 0 Å². The second-order valence-electron chi connectivity index (χ2n) is 5.10. The lowest BCUT2D eigenvalue weighted by molar-refractivity contribution is -0.119. The molecule has 1 amide bonds. The normalized spacial score (nSPS) is 11.1. The summed E-state index contributed by atoms with van der Waals surface area (Å²) >= 11 is 12.1. The predicted octanol–water partition coefficient (Wildman–Crippen LogP) is 3.08. The van der Waals surface area contributed by atoms with Crippen molar-refractivity contribution in [3.63, 3.8) is 0 Å². The maximum absolute atomic E-state index is 12.2. The van der Waals surface area contributed by atoms with Crippen molar-refractivity contribution in [3.05, 3.63) is 64.1 Å². The summed E-state index contributed by atoms with van der Waals surface area (Å²) in [6.07, 6.45) is 0.997. The molecule has 1 N–H and O–H groups in total. The maximum Gasteiger partial charge on any atom is 0.241 e. The van der Waals surface area contributed by atoms with Gasteiger partial charge >= 0.3 is 0 Å². The highest BCUT2D eigenvalue weighted by atomic mass is 35.5. The molecule has 0 aliphatic rings. The fourth-order valence-corrected chi connectivity index (χ4v) is 3.65. The molecule has 0 aromatic heterocycles. The third-order valence-corrected chi connectivity index (χ3v) is 4.93. The van der Waals surface area contributed by atoms with Crippen molar-refractivity contribution < 1.29 is 13.2 Å². The van der Waals surface area contributed by atoms with Crippen LogP contribution in [0.25, 0.3) is 0 Å². The highest BCUT2D eigenvalue weighted by Gasteiger charge is 2.25. The Balaban J connectivity index is 2.17. The van der Waals surface area contributed by atoms with Crippen molar-refractivity contribution in [1.82, 2.24) is 5.32 Å². The Morgan fingerprint density at radius 2 is 1.62 bits per heavy atom. The van der Waals surface area contributed by atoms with E-state index in [2.05, 4.69) is 5.32 Å². The van der Waals surface area contributed by atoms with Crippen LogP contribution < -0.4 is 9.62 Å². The number of para-hydroxylation sites is 1. The molecule has 2 rings (SSSR count). The van der Waals surface area contributed by atoms with Crippen molar-refractivity contribution in [1.29, 1.82) is 0 Å². The van der Waals surface area contributed by atoms with E-state index in [4.69, 9.17) is 23.2 Å². The SMILES string of the molecule is CS(=O)(=O)N(CC(=O)NCc1ccccc1)c1c(Cl)cccc1Cl. The Kier molecular flexibility index (Phi) is 6.10. The second kappa shape index (κ2) is 7.88. The minimum Gasteiger partial charge on any atom is -0.350 e. The zero-order valence-electron chi connectivity index (χ0n) is 12.9. The van der Waals surface area contributed by atoms with Crippen LogP contribution in [0.3, 0.4) is 0 Å². The average Bonchev–Trinajstić information content (AvgIpc) is 2.52. The number of nitrogens with one attached hydrogen (secondary N) is 1. The summed E-state index contributed by atoms with van der Waals surface area (Å²) in [4.78, 5) is 12.2. The van der Waals surface area contributed by atoms with Gasteiger partial charge in [0.2, 0.25) is 15.9 Å². The standard InChI is InChI=1S/C16H16Cl2N2O3S/c1-24(22,23)20(16-13(17)8-5-9-14(16)18)11-15(21)19-10-12-6-3-2-4-7-12/h2-9H,10-11H2,1H3,(H,19,21). The molecule has 0 spiro atoms. The van der Waals surface area contributed by atoms with E-state index in [0.29, 0.717) is 6.54 Å². The number of carbonyl (C=O) groups is 1. The van der Waals surface area contributed by atoms with E-state index in [1.165, 1.54) is 12.1 Å². The third kappa shape index (κ3) is 4.87. The molecular formula is C16H16Cl2N2O3S. The van der Waals surface area contributed by atoms with Crippen LogP contribution in [0, 0.1) is 0 Å². The molecule has 0 atom stereocenters. The quantitative estimate of drug-likeness (QED) is 0.829. The number of halogens is 2. The molecule has 2 aromatic rings. The van der Waals surface area contributed by atoms with Gasteiger partial charge in [-0.3, -0.25) is 9.10 Å². The molecule has 0 fully saturated rings. The topological polar surface area (TPSA) is 66.5 Å². The molecule has 0 aliphatic heterocycles. The second-order valence-corrected chi connectivity index (χ2v) is 7.82. The number of sulfonamides is 1. The summed E-state index contributed by atoms with van der Waals surface area (Å²) in [7, 11) is -3.74. The Morgan fingerprint density at radius 1 is 1.04 bits per heavy atom. The van der Waals surface area contributed by atoms with E-state index < -0.39 is 22.5 Å². The summed E-state index contributed by atoms with van der Waals surface area (Å²) in [5.74, 6) is -0.458. The van der Waals surface area contributed by atoms with Crippen LogP contribution >= 0.6 is 23.2 Å². The maximum atomic E-state index is 12.2. The first-order chi connectivity index (χ1) is 11.3. The number of amides is 1. The summed E-state index contributed by atoms with van der Waals surface area (Å²) in [5, 5.41) is 2.99. The van der Waals surface area contributed by atoms with Crippen LogP contribution in [-0.2, 0) is 21.4 Å². The Morgan fingerprint density at radius 3 is 2.17 bits per heavy atom. The smallest absolute Gasteiger partial charge is 0.241 e. The first-order valence-electron chi connectivity index (χ1n) is 7.01. The molecule has 0 radical (unpaired) electrons. The lowest BCUT2D eigenvalue weighted by atomic mass is 10.2. The first-order valence-corrected chi connectivity index (χ1v) is 9.62. The van der Waals surface area contributed by atoms with Gasteiger partial charge in [-0.15, -0.1) is 0 Å². The highest BCUT2D eigenvalue weighted by Crippen LogP contribution is 2.34. The van der Waals surface area contributed by atoms with E-state index in [-0.39, 0.29) is 15.7 Å².